The van der Waals surface area contributed by atoms with Crippen LogP contribution >= 0.6 is 0 Å². The number of esters is 6. The van der Waals surface area contributed by atoms with Crippen molar-refractivity contribution in [3.05, 3.63) is 52.9 Å². The van der Waals surface area contributed by atoms with Crippen LogP contribution in [-0.4, -0.2) is 96.8 Å². The van der Waals surface area contributed by atoms with Crippen molar-refractivity contribution >= 4 is 46.8 Å². The maximum Gasteiger partial charge on any atom is 0.349 e. The molecule has 0 aliphatic heterocycles. The zero-order valence-electron chi connectivity index (χ0n) is 25.2. The fourth-order valence-corrected chi connectivity index (χ4v) is 3.61. The fourth-order valence-electron chi connectivity index (χ4n) is 3.61. The van der Waals surface area contributed by atoms with Crippen LogP contribution in [0.4, 0.5) is 0 Å². The lowest BCUT2D eigenvalue weighted by Gasteiger charge is -2.12. The summed E-state index contributed by atoms with van der Waals surface area (Å²) >= 11 is 0. The Morgan fingerprint density at radius 3 is 1.53 bits per heavy atom. The lowest BCUT2D eigenvalue weighted by atomic mass is 10.0. The molecule has 0 atom stereocenters. The molecule has 0 radical (unpaired) electrons. The molecular weight excluding hydrogens is 632 g/mol. The number of ether oxygens (including phenoxy) is 9. The summed E-state index contributed by atoms with van der Waals surface area (Å²) in [5.41, 5.74) is -0.576. The lowest BCUT2D eigenvalue weighted by molar-refractivity contribution is -0.156. The van der Waals surface area contributed by atoms with Gasteiger partial charge in [0, 0.05) is 33.5 Å². The fraction of sp³-hybridized carbons (Fsp3) is 0.300. The van der Waals surface area contributed by atoms with E-state index in [9.17, 15) is 33.6 Å². The SMILES string of the molecule is COCC(=O)OCC(=O)Oc1ccc(-c2coc3cc(OC(=O)COC(=O)COC)cc(OC(=O)COC(=O)COC)c3c2=O)cc1. The second kappa shape index (κ2) is 17.7. The number of methoxy groups -OCH3 is 3. The van der Waals surface area contributed by atoms with Crippen molar-refractivity contribution in [2.45, 2.75) is 0 Å². The molecule has 0 N–H and O–H groups in total. The highest BCUT2D eigenvalue weighted by atomic mass is 16.6. The van der Waals surface area contributed by atoms with Crippen molar-refractivity contribution in [1.29, 1.82) is 0 Å². The van der Waals surface area contributed by atoms with E-state index in [1.54, 1.807) is 0 Å². The number of carbonyl (C=O) groups excluding carboxylic acids is 6. The predicted octanol–water partition coefficient (Wildman–Crippen LogP) is 0.745. The third kappa shape index (κ3) is 11.0. The second-order valence-corrected chi connectivity index (χ2v) is 9.00. The van der Waals surface area contributed by atoms with E-state index >= 15 is 0 Å². The molecule has 47 heavy (non-hydrogen) atoms. The average molecular weight is 661 g/mol. The summed E-state index contributed by atoms with van der Waals surface area (Å²) in [6.07, 6.45) is 1.09. The molecule has 250 valence electrons. The largest absolute Gasteiger partial charge is 0.463 e. The Morgan fingerprint density at radius 1 is 0.574 bits per heavy atom. The molecule has 3 rings (SSSR count). The van der Waals surface area contributed by atoms with Gasteiger partial charge in [0.2, 0.25) is 5.43 Å². The molecule has 1 aromatic heterocycles. The van der Waals surface area contributed by atoms with Crippen molar-refractivity contribution in [1.82, 2.24) is 0 Å². The molecular formula is C30H28O17. The van der Waals surface area contributed by atoms with E-state index in [4.69, 9.17) is 32.8 Å². The first-order valence-electron chi connectivity index (χ1n) is 13.3. The number of fused-ring (bicyclic) bond motifs is 1. The Morgan fingerprint density at radius 2 is 1.04 bits per heavy atom. The van der Waals surface area contributed by atoms with Gasteiger partial charge in [-0.1, -0.05) is 12.1 Å². The van der Waals surface area contributed by atoms with Crippen LogP contribution in [0.25, 0.3) is 22.1 Å². The average Bonchev–Trinajstić information content (AvgIpc) is 3.03. The highest BCUT2D eigenvalue weighted by molar-refractivity contribution is 5.92. The van der Waals surface area contributed by atoms with Gasteiger partial charge in [-0.05, 0) is 17.7 Å². The zero-order chi connectivity index (χ0) is 34.3. The zero-order valence-corrected chi connectivity index (χ0v) is 25.2. The highest BCUT2D eigenvalue weighted by Crippen LogP contribution is 2.32. The van der Waals surface area contributed by atoms with Gasteiger partial charge in [0.25, 0.3) is 0 Å². The molecule has 0 fully saturated rings. The molecule has 0 aliphatic carbocycles. The minimum atomic E-state index is -1.10. The van der Waals surface area contributed by atoms with E-state index in [0.29, 0.717) is 5.56 Å². The van der Waals surface area contributed by atoms with Crippen molar-refractivity contribution in [3.63, 3.8) is 0 Å². The summed E-state index contributed by atoms with van der Waals surface area (Å²) in [7, 11) is 3.80. The minimum Gasteiger partial charge on any atom is -0.463 e. The van der Waals surface area contributed by atoms with Gasteiger partial charge in [0.05, 0.1) is 5.56 Å². The standard InChI is InChI=1S/C30H28O17/c1-38-11-23(31)42-14-26(34)45-18-6-4-17(5-7-18)20-10-41-21-8-19(46-27(35)15-43-24(32)12-39-2)9-22(29(21)30(20)37)47-28(36)16-44-25(33)13-40-3/h4-10H,11-16H2,1-3H3. The van der Waals surface area contributed by atoms with Crippen molar-refractivity contribution in [2.24, 2.45) is 0 Å². The maximum absolute atomic E-state index is 13.6. The molecule has 3 aromatic rings. The van der Waals surface area contributed by atoms with Gasteiger partial charge in [-0.15, -0.1) is 0 Å². The number of hydrogen-bond acceptors (Lipinski definition) is 17. The first kappa shape index (κ1) is 35.8. The predicted molar refractivity (Wildman–Crippen MR) is 153 cm³/mol. The van der Waals surface area contributed by atoms with E-state index in [1.807, 2.05) is 0 Å². The molecule has 0 unspecified atom stereocenters. The van der Waals surface area contributed by atoms with Crippen LogP contribution in [0.1, 0.15) is 0 Å². The first-order valence-corrected chi connectivity index (χ1v) is 13.3. The monoisotopic (exact) mass is 660 g/mol. The van der Waals surface area contributed by atoms with Crippen LogP contribution in [-0.2, 0) is 57.2 Å². The van der Waals surface area contributed by atoms with E-state index in [1.165, 1.54) is 45.6 Å². The summed E-state index contributed by atoms with van der Waals surface area (Å²) in [5, 5.41) is -0.251. The molecule has 0 saturated heterocycles. The smallest absolute Gasteiger partial charge is 0.349 e. The second-order valence-electron chi connectivity index (χ2n) is 9.00. The molecule has 1 heterocycles. The Bertz CT molecular complexity index is 1670. The topological polar surface area (TPSA) is 216 Å². The van der Waals surface area contributed by atoms with Gasteiger partial charge in [0.15, 0.2) is 19.8 Å². The number of hydrogen-bond donors (Lipinski definition) is 0. The number of carbonyl (C=O) groups is 6. The highest BCUT2D eigenvalue weighted by Gasteiger charge is 2.21. The first-order chi connectivity index (χ1) is 22.5. The normalized spacial score (nSPS) is 10.5. The molecule has 17 nitrogen and oxygen atoms in total. The van der Waals surface area contributed by atoms with Crippen LogP contribution in [0.5, 0.6) is 17.2 Å². The Labute approximate surface area is 265 Å². The summed E-state index contributed by atoms with van der Waals surface area (Å²) in [6, 6.07) is 7.79. The van der Waals surface area contributed by atoms with Gasteiger partial charge >= 0.3 is 35.8 Å². The van der Waals surface area contributed by atoms with Gasteiger partial charge in [-0.25, -0.2) is 28.8 Å². The number of rotatable bonds is 16. The van der Waals surface area contributed by atoms with Gasteiger partial charge in [0.1, 0.15) is 54.3 Å². The summed E-state index contributed by atoms with van der Waals surface area (Å²) in [5.74, 6) is -6.02. The minimum absolute atomic E-state index is 0.0116. The van der Waals surface area contributed by atoms with E-state index in [-0.39, 0.29) is 34.6 Å². The maximum atomic E-state index is 13.6. The molecule has 0 aliphatic rings. The third-order valence-corrected chi connectivity index (χ3v) is 5.51. The van der Waals surface area contributed by atoms with Gasteiger partial charge in [-0.3, -0.25) is 4.79 Å². The molecule has 2 aromatic carbocycles. The van der Waals surface area contributed by atoms with Crippen LogP contribution < -0.4 is 19.6 Å². The summed E-state index contributed by atoms with van der Waals surface area (Å²) < 4.78 is 49.1. The van der Waals surface area contributed by atoms with Crippen LogP contribution in [0, 0.1) is 0 Å². The molecule has 0 amide bonds. The summed E-state index contributed by atoms with van der Waals surface area (Å²) in [6.45, 7) is -3.44. The Kier molecular flexibility index (Phi) is 13.5. The lowest BCUT2D eigenvalue weighted by Crippen LogP contribution is -2.22. The van der Waals surface area contributed by atoms with E-state index in [0.717, 1.165) is 18.4 Å². The Hall–Kier alpha value is -5.65. The van der Waals surface area contributed by atoms with Crippen molar-refractivity contribution in [3.8, 4) is 28.4 Å². The molecule has 17 heteroatoms. The number of benzene rings is 2. The molecule has 0 saturated carbocycles. The van der Waals surface area contributed by atoms with E-state index in [2.05, 4.69) is 14.2 Å². The molecule has 0 bridgehead atoms. The Balaban J connectivity index is 1.88. The van der Waals surface area contributed by atoms with Crippen molar-refractivity contribution < 1.29 is 75.8 Å². The van der Waals surface area contributed by atoms with Crippen LogP contribution in [0.15, 0.2) is 51.9 Å². The van der Waals surface area contributed by atoms with Crippen LogP contribution in [0.2, 0.25) is 0 Å². The van der Waals surface area contributed by atoms with Gasteiger partial charge in [-0.2, -0.15) is 0 Å². The van der Waals surface area contributed by atoms with Crippen LogP contribution in [0.3, 0.4) is 0 Å². The van der Waals surface area contributed by atoms with Crippen molar-refractivity contribution in [2.75, 3.05) is 61.0 Å². The van der Waals surface area contributed by atoms with Gasteiger partial charge < -0.3 is 47.0 Å². The van der Waals surface area contributed by atoms with E-state index < -0.39 is 80.0 Å². The third-order valence-electron chi connectivity index (χ3n) is 5.51. The summed E-state index contributed by atoms with van der Waals surface area (Å²) in [4.78, 5) is 84.8. The quantitative estimate of drug-likeness (QED) is 0.118. The molecule has 0 spiro atoms.